The Morgan fingerprint density at radius 3 is 2.89 bits per heavy atom. The highest BCUT2D eigenvalue weighted by atomic mass is 16.5. The molecule has 0 spiro atoms. The lowest BCUT2D eigenvalue weighted by Crippen LogP contribution is -2.55. The number of methoxy groups -OCH3 is 1. The van der Waals surface area contributed by atoms with Crippen LogP contribution in [0.1, 0.15) is 31.4 Å². The van der Waals surface area contributed by atoms with Gasteiger partial charge in [0.1, 0.15) is 11.9 Å². The van der Waals surface area contributed by atoms with Gasteiger partial charge in [0.05, 0.1) is 18.5 Å². The summed E-state index contributed by atoms with van der Waals surface area (Å²) in [5.74, 6) is 1.39. The van der Waals surface area contributed by atoms with Crippen molar-refractivity contribution in [2.24, 2.45) is 11.8 Å². The van der Waals surface area contributed by atoms with Gasteiger partial charge in [0.2, 0.25) is 5.52 Å². The van der Waals surface area contributed by atoms with Gasteiger partial charge in [-0.05, 0) is 43.4 Å². The van der Waals surface area contributed by atoms with Gasteiger partial charge >= 0.3 is 5.97 Å². The first-order chi connectivity index (χ1) is 13.5. The second-order valence-electron chi connectivity index (χ2n) is 7.76. The molecule has 2 bridgehead atoms. The number of rotatable bonds is 5. The zero-order valence-corrected chi connectivity index (χ0v) is 16.3. The number of hydrogen-bond donors (Lipinski definition) is 0. The van der Waals surface area contributed by atoms with Crippen LogP contribution in [-0.4, -0.2) is 37.1 Å². The number of nitrogens with zero attached hydrogens (tertiary/aromatic N) is 2. The van der Waals surface area contributed by atoms with Gasteiger partial charge in [-0.25, -0.2) is 0 Å². The van der Waals surface area contributed by atoms with E-state index in [1.165, 1.54) is 13.1 Å². The predicted molar refractivity (Wildman–Crippen MR) is 106 cm³/mol. The SMILES string of the molecule is C=CC1CN2CCC1CC2[C@H](OC(C)=O)c1cc[n+]([O-])c2ccc(OC)cc12. The van der Waals surface area contributed by atoms with Crippen LogP contribution in [-0.2, 0) is 9.53 Å². The molecule has 6 nitrogen and oxygen atoms in total. The van der Waals surface area contributed by atoms with Crippen LogP contribution >= 0.6 is 0 Å². The van der Waals surface area contributed by atoms with Gasteiger partial charge in [0.25, 0.3) is 0 Å². The summed E-state index contributed by atoms with van der Waals surface area (Å²) in [6, 6.07) is 7.23. The molecule has 3 aliphatic rings. The maximum Gasteiger partial charge on any atom is 0.303 e. The van der Waals surface area contributed by atoms with E-state index >= 15 is 0 Å². The van der Waals surface area contributed by atoms with Crippen molar-refractivity contribution in [3.63, 3.8) is 0 Å². The number of esters is 1. The molecule has 1 aromatic heterocycles. The summed E-state index contributed by atoms with van der Waals surface area (Å²) in [6.45, 7) is 7.36. The van der Waals surface area contributed by atoms with Crippen molar-refractivity contribution in [3.05, 3.63) is 53.9 Å². The lowest BCUT2D eigenvalue weighted by Gasteiger charge is -2.51. The number of benzene rings is 1. The molecule has 6 heteroatoms. The number of carbonyl (C=O) groups excluding carboxylic acids is 1. The molecule has 1 aromatic carbocycles. The predicted octanol–water partition coefficient (Wildman–Crippen LogP) is 2.98. The highest BCUT2D eigenvalue weighted by molar-refractivity contribution is 5.82. The third kappa shape index (κ3) is 3.22. The molecule has 148 valence electrons. The van der Waals surface area contributed by atoms with Crippen LogP contribution in [0.25, 0.3) is 10.9 Å². The molecule has 0 radical (unpaired) electrons. The fraction of sp³-hybridized carbons (Fsp3) is 0.455. The molecule has 3 saturated heterocycles. The van der Waals surface area contributed by atoms with E-state index in [-0.39, 0.29) is 12.0 Å². The Kier molecular flexibility index (Phi) is 4.98. The van der Waals surface area contributed by atoms with Crippen LogP contribution in [0.4, 0.5) is 0 Å². The Bertz CT molecular complexity index is 913. The first-order valence-electron chi connectivity index (χ1n) is 9.75. The average Bonchev–Trinajstić information content (AvgIpc) is 2.72. The van der Waals surface area contributed by atoms with Gasteiger partial charge in [-0.1, -0.05) is 6.08 Å². The van der Waals surface area contributed by atoms with E-state index in [4.69, 9.17) is 9.47 Å². The van der Waals surface area contributed by atoms with E-state index in [1.54, 1.807) is 25.3 Å². The Morgan fingerprint density at radius 1 is 1.43 bits per heavy atom. The summed E-state index contributed by atoms with van der Waals surface area (Å²) < 4.78 is 12.1. The van der Waals surface area contributed by atoms with Crippen molar-refractivity contribution in [2.45, 2.75) is 31.9 Å². The summed E-state index contributed by atoms with van der Waals surface area (Å²) in [5, 5.41) is 13.1. The fourth-order valence-electron chi connectivity index (χ4n) is 4.85. The van der Waals surface area contributed by atoms with Gasteiger partial charge in [-0.15, -0.1) is 6.58 Å². The maximum atomic E-state index is 12.3. The summed E-state index contributed by atoms with van der Waals surface area (Å²) >= 11 is 0. The van der Waals surface area contributed by atoms with Crippen molar-refractivity contribution >= 4 is 16.9 Å². The molecule has 5 atom stereocenters. The minimum Gasteiger partial charge on any atom is -0.618 e. The average molecular weight is 382 g/mol. The molecule has 0 aliphatic carbocycles. The Balaban J connectivity index is 1.80. The Morgan fingerprint density at radius 2 is 2.25 bits per heavy atom. The van der Waals surface area contributed by atoms with Crippen molar-refractivity contribution in [1.29, 1.82) is 0 Å². The Hall–Kier alpha value is -2.60. The number of carbonyl (C=O) groups is 1. The van der Waals surface area contributed by atoms with Crippen molar-refractivity contribution < 1.29 is 19.0 Å². The highest BCUT2D eigenvalue weighted by Gasteiger charge is 2.44. The van der Waals surface area contributed by atoms with Gasteiger partial charge in [0.15, 0.2) is 6.20 Å². The van der Waals surface area contributed by atoms with E-state index in [1.807, 2.05) is 6.07 Å². The topological polar surface area (TPSA) is 65.7 Å². The number of fused-ring (bicyclic) bond motifs is 4. The minimum absolute atomic E-state index is 0.0933. The second-order valence-corrected chi connectivity index (χ2v) is 7.76. The molecular formula is C22H26N2O4. The summed E-state index contributed by atoms with van der Waals surface area (Å²) in [6.07, 6.45) is 5.21. The van der Waals surface area contributed by atoms with Crippen LogP contribution in [0.5, 0.6) is 5.75 Å². The first kappa shape index (κ1) is 18.7. The lowest BCUT2D eigenvalue weighted by molar-refractivity contribution is -0.577. The van der Waals surface area contributed by atoms with Crippen LogP contribution in [0, 0.1) is 17.0 Å². The number of hydrogen-bond acceptors (Lipinski definition) is 5. The zero-order chi connectivity index (χ0) is 19.8. The van der Waals surface area contributed by atoms with E-state index in [9.17, 15) is 10.0 Å². The highest BCUT2D eigenvalue weighted by Crippen LogP contribution is 2.43. The minimum atomic E-state index is -0.429. The van der Waals surface area contributed by atoms with Crippen LogP contribution in [0.3, 0.4) is 0 Å². The Labute approximate surface area is 164 Å². The molecule has 0 amide bonds. The molecule has 28 heavy (non-hydrogen) atoms. The molecule has 0 N–H and O–H groups in total. The van der Waals surface area contributed by atoms with E-state index < -0.39 is 6.10 Å². The standard InChI is InChI=1S/C22H26N2O4/c1-4-15-13-23-9-7-16(15)11-21(23)22(28-14(2)25)18-8-10-24(26)20-6-5-17(27-3)12-19(18)20/h4-6,8,10,12,15-16,21-22H,1,7,9,11,13H2,2-3H3/t15?,16?,21?,22-/m1/s1. The quantitative estimate of drug-likeness (QED) is 0.344. The molecule has 4 heterocycles. The number of ether oxygens (including phenoxy) is 2. The molecule has 5 rings (SSSR count). The van der Waals surface area contributed by atoms with Crippen molar-refractivity contribution in [3.8, 4) is 5.75 Å². The number of pyridine rings is 1. The van der Waals surface area contributed by atoms with E-state index in [0.29, 0.717) is 23.1 Å². The molecule has 4 unspecified atom stereocenters. The maximum absolute atomic E-state index is 12.3. The van der Waals surface area contributed by atoms with E-state index in [0.717, 1.165) is 41.6 Å². The van der Waals surface area contributed by atoms with Gasteiger partial charge in [-0.2, -0.15) is 4.73 Å². The van der Waals surface area contributed by atoms with Gasteiger partial charge < -0.3 is 14.7 Å². The first-order valence-corrected chi connectivity index (χ1v) is 9.75. The molecule has 0 saturated carbocycles. The van der Waals surface area contributed by atoms with Crippen molar-refractivity contribution in [1.82, 2.24) is 4.90 Å². The van der Waals surface area contributed by atoms with Gasteiger partial charge in [-0.3, -0.25) is 9.69 Å². The van der Waals surface area contributed by atoms with Crippen LogP contribution in [0.2, 0.25) is 0 Å². The number of aromatic nitrogens is 1. The third-order valence-corrected chi connectivity index (χ3v) is 6.24. The second kappa shape index (κ2) is 7.43. The van der Waals surface area contributed by atoms with E-state index in [2.05, 4.69) is 17.6 Å². The number of piperidine rings is 3. The third-order valence-electron chi connectivity index (χ3n) is 6.24. The van der Waals surface area contributed by atoms with Crippen molar-refractivity contribution in [2.75, 3.05) is 20.2 Å². The fourth-order valence-corrected chi connectivity index (χ4v) is 4.85. The largest absolute Gasteiger partial charge is 0.618 e. The molecule has 3 fully saturated rings. The van der Waals surface area contributed by atoms with Crippen LogP contribution in [0.15, 0.2) is 43.1 Å². The lowest BCUT2D eigenvalue weighted by atomic mass is 9.73. The molecule has 2 aromatic rings. The zero-order valence-electron chi connectivity index (χ0n) is 16.3. The normalized spacial score (nSPS) is 27.4. The smallest absolute Gasteiger partial charge is 0.303 e. The summed E-state index contributed by atoms with van der Waals surface area (Å²) in [7, 11) is 1.60. The monoisotopic (exact) mass is 382 g/mol. The summed E-state index contributed by atoms with van der Waals surface area (Å²) in [4.78, 5) is 14.4. The van der Waals surface area contributed by atoms with Crippen LogP contribution < -0.4 is 9.47 Å². The molecule has 3 aliphatic heterocycles. The molecular weight excluding hydrogens is 356 g/mol. The van der Waals surface area contributed by atoms with Gasteiger partial charge in [0, 0.05) is 31.2 Å². The summed E-state index contributed by atoms with van der Waals surface area (Å²) in [5.41, 5.74) is 1.39.